The van der Waals surface area contributed by atoms with Gasteiger partial charge in [-0.25, -0.2) is 0 Å². The van der Waals surface area contributed by atoms with Crippen LogP contribution in [0.1, 0.15) is 16.1 Å². The molecule has 0 fully saturated rings. The van der Waals surface area contributed by atoms with Crippen molar-refractivity contribution in [3.05, 3.63) is 56.1 Å². The molecule has 0 saturated heterocycles. The Balaban J connectivity index is 1.79. The zero-order chi connectivity index (χ0) is 13.7. The van der Waals surface area contributed by atoms with Gasteiger partial charge in [-0.1, -0.05) is 17.7 Å². The molecule has 100 valence electrons. The van der Waals surface area contributed by atoms with Gasteiger partial charge in [0.15, 0.2) is 0 Å². The number of halogens is 1. The first kappa shape index (κ1) is 13.8. The van der Waals surface area contributed by atoms with E-state index in [-0.39, 0.29) is 11.5 Å². The molecule has 0 saturated carbocycles. The van der Waals surface area contributed by atoms with E-state index in [0.717, 1.165) is 0 Å². The van der Waals surface area contributed by atoms with Crippen molar-refractivity contribution in [2.45, 2.75) is 13.0 Å². The van der Waals surface area contributed by atoms with Gasteiger partial charge in [0.1, 0.15) is 0 Å². The van der Waals surface area contributed by atoms with Crippen LogP contribution in [0.5, 0.6) is 0 Å². The fraction of sp³-hybridized carbons (Fsp3) is 0.231. The van der Waals surface area contributed by atoms with Gasteiger partial charge in [0.25, 0.3) is 11.5 Å². The van der Waals surface area contributed by atoms with Crippen molar-refractivity contribution < 1.29 is 4.79 Å². The van der Waals surface area contributed by atoms with Gasteiger partial charge in [-0.2, -0.15) is 0 Å². The summed E-state index contributed by atoms with van der Waals surface area (Å²) in [4.78, 5) is 23.8. The maximum Gasteiger partial charge on any atom is 0.261 e. The molecule has 2 rings (SSSR count). The lowest BCUT2D eigenvalue weighted by Gasteiger charge is -2.06. The van der Waals surface area contributed by atoms with Crippen LogP contribution in [-0.4, -0.2) is 17.0 Å². The third-order valence-electron chi connectivity index (χ3n) is 2.55. The molecule has 0 aliphatic carbocycles. The Morgan fingerprint density at radius 2 is 2.21 bits per heavy atom. The van der Waals surface area contributed by atoms with E-state index >= 15 is 0 Å². The minimum absolute atomic E-state index is 0.0755. The van der Waals surface area contributed by atoms with Gasteiger partial charge < -0.3 is 9.88 Å². The lowest BCUT2D eigenvalue weighted by molar-refractivity contribution is 0.0957. The van der Waals surface area contributed by atoms with Crippen molar-refractivity contribution in [1.82, 2.24) is 9.88 Å². The van der Waals surface area contributed by atoms with Crippen LogP contribution in [0.4, 0.5) is 0 Å². The van der Waals surface area contributed by atoms with Crippen molar-refractivity contribution in [2.75, 3.05) is 6.54 Å². The van der Waals surface area contributed by atoms with Crippen LogP contribution in [0.25, 0.3) is 0 Å². The summed E-state index contributed by atoms with van der Waals surface area (Å²) >= 11 is 7.22. The van der Waals surface area contributed by atoms with Crippen LogP contribution < -0.4 is 10.9 Å². The van der Waals surface area contributed by atoms with E-state index in [1.165, 1.54) is 17.4 Å². The number of hydrogen-bond acceptors (Lipinski definition) is 3. The van der Waals surface area contributed by atoms with E-state index in [2.05, 4.69) is 5.32 Å². The maximum atomic E-state index is 11.6. The molecule has 0 atom stereocenters. The third kappa shape index (κ3) is 3.94. The average Bonchev–Trinajstić information content (AvgIpc) is 2.92. The molecule has 2 heterocycles. The number of amides is 1. The van der Waals surface area contributed by atoms with Crippen molar-refractivity contribution in [2.24, 2.45) is 0 Å². The quantitative estimate of drug-likeness (QED) is 0.861. The molecule has 0 aliphatic heterocycles. The van der Waals surface area contributed by atoms with Crippen LogP contribution in [-0.2, 0) is 6.54 Å². The molecular weight excluding hydrogens is 284 g/mol. The number of pyridine rings is 1. The number of aromatic nitrogens is 1. The molecular formula is C13H13ClN2O2S. The Morgan fingerprint density at radius 3 is 2.95 bits per heavy atom. The first-order valence-electron chi connectivity index (χ1n) is 5.84. The van der Waals surface area contributed by atoms with Crippen molar-refractivity contribution in [1.29, 1.82) is 0 Å². The standard InChI is InChI=1S/C13H13ClN2O2S/c14-10-4-5-12(17)16(9-10)7-2-6-15-13(18)11-3-1-8-19-11/h1,3-5,8-9H,2,6-7H2,(H,15,18). The number of thiophene rings is 1. The fourth-order valence-corrected chi connectivity index (χ4v) is 2.44. The largest absolute Gasteiger partial charge is 0.351 e. The number of nitrogens with zero attached hydrogens (tertiary/aromatic N) is 1. The normalized spacial score (nSPS) is 10.4. The Labute approximate surface area is 119 Å². The Morgan fingerprint density at radius 1 is 1.37 bits per heavy atom. The molecule has 19 heavy (non-hydrogen) atoms. The second-order valence-corrected chi connectivity index (χ2v) is 5.35. The fourth-order valence-electron chi connectivity index (χ4n) is 1.62. The summed E-state index contributed by atoms with van der Waals surface area (Å²) in [5.74, 6) is -0.0755. The number of nitrogens with one attached hydrogen (secondary N) is 1. The molecule has 1 N–H and O–H groups in total. The molecule has 2 aromatic heterocycles. The van der Waals surface area contributed by atoms with Gasteiger partial charge in [0.05, 0.1) is 9.90 Å². The van der Waals surface area contributed by atoms with Crippen LogP contribution >= 0.6 is 22.9 Å². The van der Waals surface area contributed by atoms with Crippen LogP contribution in [0.3, 0.4) is 0 Å². The summed E-state index contributed by atoms with van der Waals surface area (Å²) in [7, 11) is 0. The SMILES string of the molecule is O=C(NCCCn1cc(Cl)ccc1=O)c1cccs1. The van der Waals surface area contributed by atoms with Crippen molar-refractivity contribution >= 4 is 28.8 Å². The minimum Gasteiger partial charge on any atom is -0.351 e. The van der Waals surface area contributed by atoms with Gasteiger partial charge in [-0.15, -0.1) is 11.3 Å². The summed E-state index contributed by atoms with van der Waals surface area (Å²) in [5.41, 5.74) is -0.0889. The maximum absolute atomic E-state index is 11.6. The number of carbonyl (C=O) groups is 1. The van der Waals surface area contributed by atoms with Gasteiger partial charge in [-0.05, 0) is 23.9 Å². The molecule has 2 aromatic rings. The molecule has 4 nitrogen and oxygen atoms in total. The minimum atomic E-state index is -0.0889. The molecule has 0 aliphatic rings. The smallest absolute Gasteiger partial charge is 0.261 e. The zero-order valence-corrected chi connectivity index (χ0v) is 11.7. The number of hydrogen-bond donors (Lipinski definition) is 1. The number of rotatable bonds is 5. The first-order chi connectivity index (χ1) is 9.16. The predicted octanol–water partition coefficient (Wildman–Crippen LogP) is 2.38. The number of carbonyl (C=O) groups excluding carboxylic acids is 1. The number of aryl methyl sites for hydroxylation is 1. The van der Waals surface area contributed by atoms with Crippen molar-refractivity contribution in [3.63, 3.8) is 0 Å². The molecule has 0 aromatic carbocycles. The van der Waals surface area contributed by atoms with E-state index < -0.39 is 0 Å². The van der Waals surface area contributed by atoms with Gasteiger partial charge >= 0.3 is 0 Å². The van der Waals surface area contributed by atoms with E-state index in [9.17, 15) is 9.59 Å². The summed E-state index contributed by atoms with van der Waals surface area (Å²) in [6.45, 7) is 1.06. The average molecular weight is 297 g/mol. The van der Waals surface area contributed by atoms with E-state index in [4.69, 9.17) is 11.6 Å². The molecule has 1 amide bonds. The summed E-state index contributed by atoms with van der Waals surface area (Å²) in [6, 6.07) is 6.62. The summed E-state index contributed by atoms with van der Waals surface area (Å²) in [6.07, 6.45) is 2.28. The highest BCUT2D eigenvalue weighted by molar-refractivity contribution is 7.12. The molecule has 0 radical (unpaired) electrons. The van der Waals surface area contributed by atoms with E-state index in [1.54, 1.807) is 22.9 Å². The highest BCUT2D eigenvalue weighted by Crippen LogP contribution is 2.07. The lowest BCUT2D eigenvalue weighted by atomic mass is 10.3. The van der Waals surface area contributed by atoms with Crippen LogP contribution in [0.2, 0.25) is 5.02 Å². The highest BCUT2D eigenvalue weighted by atomic mass is 35.5. The molecule has 0 unspecified atom stereocenters. The van der Waals surface area contributed by atoms with Crippen LogP contribution in [0, 0.1) is 0 Å². The second-order valence-electron chi connectivity index (χ2n) is 3.97. The second kappa shape index (κ2) is 6.54. The first-order valence-corrected chi connectivity index (χ1v) is 7.10. The Kier molecular flexibility index (Phi) is 4.76. The van der Waals surface area contributed by atoms with Crippen LogP contribution in [0.15, 0.2) is 40.6 Å². The van der Waals surface area contributed by atoms with Gasteiger partial charge in [-0.3, -0.25) is 9.59 Å². The van der Waals surface area contributed by atoms with Crippen molar-refractivity contribution in [3.8, 4) is 0 Å². The van der Waals surface area contributed by atoms with Gasteiger partial charge in [0, 0.05) is 25.4 Å². The lowest BCUT2D eigenvalue weighted by Crippen LogP contribution is -2.26. The zero-order valence-electron chi connectivity index (χ0n) is 10.1. The monoisotopic (exact) mass is 296 g/mol. The summed E-state index contributed by atoms with van der Waals surface area (Å²) in [5, 5.41) is 5.20. The van der Waals surface area contributed by atoms with E-state index in [1.807, 2.05) is 11.4 Å². The Bertz CT molecular complexity index is 607. The molecule has 6 heteroatoms. The molecule has 0 spiro atoms. The Hall–Kier alpha value is -1.59. The third-order valence-corrected chi connectivity index (χ3v) is 3.65. The summed E-state index contributed by atoms with van der Waals surface area (Å²) < 4.78 is 1.54. The predicted molar refractivity (Wildman–Crippen MR) is 77.0 cm³/mol. The van der Waals surface area contributed by atoms with E-state index in [0.29, 0.717) is 29.4 Å². The molecule has 0 bridgehead atoms. The van der Waals surface area contributed by atoms with Gasteiger partial charge in [0.2, 0.25) is 0 Å². The topological polar surface area (TPSA) is 51.1 Å². The highest BCUT2D eigenvalue weighted by Gasteiger charge is 2.04.